The maximum absolute atomic E-state index is 11.6. The SMILES string of the molecule is C.CCCCCCCCCCCC(=O)NCCCN(C)C.CCCCCCCCCCCC(=O)O.CN(C)CCCN. The third-order valence-corrected chi connectivity index (χ3v) is 6.92. The average Bonchev–Trinajstić information content (AvgIpc) is 2.93. The van der Waals surface area contributed by atoms with Gasteiger partial charge in [0.2, 0.25) is 5.91 Å². The number of hydrogen-bond donors (Lipinski definition) is 3. The van der Waals surface area contributed by atoms with Crippen LogP contribution in [0, 0.1) is 0 Å². The predicted molar refractivity (Wildman–Crippen MR) is 186 cm³/mol. The minimum absolute atomic E-state index is 0. The molecule has 0 aromatic heterocycles. The average molecular weight is 603 g/mol. The van der Waals surface area contributed by atoms with Crippen molar-refractivity contribution in [3.8, 4) is 0 Å². The Labute approximate surface area is 264 Å². The van der Waals surface area contributed by atoms with Crippen molar-refractivity contribution in [2.75, 3.05) is 54.4 Å². The summed E-state index contributed by atoms with van der Waals surface area (Å²) in [6, 6.07) is 0. The maximum Gasteiger partial charge on any atom is 0.303 e. The fourth-order valence-electron chi connectivity index (χ4n) is 4.30. The van der Waals surface area contributed by atoms with Crippen molar-refractivity contribution in [3.05, 3.63) is 0 Å². The number of carboxylic acid groups (broad SMARTS) is 1. The molecule has 0 saturated heterocycles. The van der Waals surface area contributed by atoms with Gasteiger partial charge in [0.1, 0.15) is 0 Å². The van der Waals surface area contributed by atoms with E-state index in [9.17, 15) is 9.59 Å². The van der Waals surface area contributed by atoms with Crippen molar-refractivity contribution in [1.82, 2.24) is 15.1 Å². The Morgan fingerprint density at radius 2 is 0.929 bits per heavy atom. The van der Waals surface area contributed by atoms with Gasteiger partial charge in [-0.15, -0.1) is 0 Å². The molecule has 4 N–H and O–H groups in total. The van der Waals surface area contributed by atoms with Gasteiger partial charge in [-0.3, -0.25) is 9.59 Å². The number of nitrogens with one attached hydrogen (secondary N) is 1. The van der Waals surface area contributed by atoms with Crippen LogP contribution in [-0.4, -0.2) is 81.2 Å². The summed E-state index contributed by atoms with van der Waals surface area (Å²) in [6.45, 7) is 8.25. The Morgan fingerprint density at radius 1 is 0.571 bits per heavy atom. The summed E-state index contributed by atoms with van der Waals surface area (Å²) >= 11 is 0. The standard InChI is InChI=1S/C17H36N2O.C12H24O2.C5H14N2.CH4/c1-4-5-6-7-8-9-10-11-12-14-17(20)18-15-13-16-19(2)3;1-2-3-4-5-6-7-8-9-10-11-12(13)14;1-7(2)5-3-4-6;/h4-16H2,1-3H3,(H,18,20);2-11H2,1H3,(H,13,14);3-6H2,1-2H3;1H4. The van der Waals surface area contributed by atoms with Gasteiger partial charge in [0.15, 0.2) is 0 Å². The molecular formula is C35H78N4O3. The molecule has 7 heteroatoms. The quantitative estimate of drug-likeness (QED) is 0.0815. The molecule has 42 heavy (non-hydrogen) atoms. The highest BCUT2D eigenvalue weighted by Crippen LogP contribution is 2.11. The number of carboxylic acids is 1. The molecule has 7 nitrogen and oxygen atoms in total. The summed E-state index contributed by atoms with van der Waals surface area (Å²) in [4.78, 5) is 26.1. The Kier molecular flexibility index (Phi) is 47.7. The minimum Gasteiger partial charge on any atom is -0.481 e. The number of unbranched alkanes of at least 4 members (excludes halogenated alkanes) is 16. The van der Waals surface area contributed by atoms with Crippen LogP contribution < -0.4 is 11.1 Å². The lowest BCUT2D eigenvalue weighted by atomic mass is 10.1. The number of carbonyl (C=O) groups excluding carboxylic acids is 1. The second-order valence-electron chi connectivity index (χ2n) is 12.0. The van der Waals surface area contributed by atoms with E-state index < -0.39 is 5.97 Å². The van der Waals surface area contributed by atoms with Crippen molar-refractivity contribution in [2.24, 2.45) is 5.73 Å². The molecule has 1 amide bonds. The number of carbonyl (C=O) groups is 2. The molecule has 0 heterocycles. The molecule has 0 aliphatic rings. The third-order valence-electron chi connectivity index (χ3n) is 6.92. The van der Waals surface area contributed by atoms with Crippen LogP contribution in [0.15, 0.2) is 0 Å². The van der Waals surface area contributed by atoms with Crippen LogP contribution in [0.2, 0.25) is 0 Å². The van der Waals surface area contributed by atoms with Gasteiger partial charge >= 0.3 is 5.97 Å². The number of hydrogen-bond acceptors (Lipinski definition) is 5. The third kappa shape index (κ3) is 54.8. The lowest BCUT2D eigenvalue weighted by Crippen LogP contribution is -2.26. The maximum atomic E-state index is 11.6. The van der Waals surface area contributed by atoms with Gasteiger partial charge in [-0.2, -0.15) is 0 Å². The molecule has 0 unspecified atom stereocenters. The Hall–Kier alpha value is -1.18. The molecule has 0 aliphatic heterocycles. The Balaban J connectivity index is -0.000000285. The first-order valence-corrected chi connectivity index (χ1v) is 17.2. The van der Waals surface area contributed by atoms with Crippen molar-refractivity contribution < 1.29 is 14.7 Å². The summed E-state index contributed by atoms with van der Waals surface area (Å²) in [7, 11) is 8.22. The van der Waals surface area contributed by atoms with E-state index in [1.165, 1.54) is 96.3 Å². The van der Waals surface area contributed by atoms with Crippen molar-refractivity contribution >= 4 is 11.9 Å². The highest BCUT2D eigenvalue weighted by molar-refractivity contribution is 5.75. The lowest BCUT2D eigenvalue weighted by Gasteiger charge is -2.09. The summed E-state index contributed by atoms with van der Waals surface area (Å²) in [5.41, 5.74) is 5.25. The topological polar surface area (TPSA) is 98.9 Å². The van der Waals surface area contributed by atoms with Crippen LogP contribution in [0.3, 0.4) is 0 Å². The van der Waals surface area contributed by atoms with Gasteiger partial charge in [0.25, 0.3) is 0 Å². The van der Waals surface area contributed by atoms with E-state index in [-0.39, 0.29) is 13.3 Å². The molecule has 0 fully saturated rings. The molecule has 0 rings (SSSR count). The highest BCUT2D eigenvalue weighted by Gasteiger charge is 2.01. The van der Waals surface area contributed by atoms with Gasteiger partial charge in [0, 0.05) is 19.4 Å². The van der Waals surface area contributed by atoms with Crippen LogP contribution in [-0.2, 0) is 9.59 Å². The monoisotopic (exact) mass is 603 g/mol. The van der Waals surface area contributed by atoms with Gasteiger partial charge in [-0.1, -0.05) is 124 Å². The largest absolute Gasteiger partial charge is 0.481 e. The fraction of sp³-hybridized carbons (Fsp3) is 0.943. The summed E-state index contributed by atoms with van der Waals surface area (Å²) < 4.78 is 0. The van der Waals surface area contributed by atoms with E-state index in [4.69, 9.17) is 10.8 Å². The lowest BCUT2D eigenvalue weighted by molar-refractivity contribution is -0.137. The van der Waals surface area contributed by atoms with Gasteiger partial charge in [-0.25, -0.2) is 0 Å². The molecule has 0 saturated carbocycles. The molecule has 0 spiro atoms. The normalized spacial score (nSPS) is 10.4. The van der Waals surface area contributed by atoms with Gasteiger partial charge in [0.05, 0.1) is 0 Å². The molecule has 0 aromatic carbocycles. The number of nitrogens with zero attached hydrogens (tertiary/aromatic N) is 2. The second kappa shape index (κ2) is 42.0. The van der Waals surface area contributed by atoms with E-state index in [0.29, 0.717) is 12.8 Å². The van der Waals surface area contributed by atoms with Crippen molar-refractivity contribution in [2.45, 2.75) is 163 Å². The van der Waals surface area contributed by atoms with Crippen LogP contribution >= 0.6 is 0 Å². The van der Waals surface area contributed by atoms with E-state index in [1.54, 1.807) is 0 Å². The molecule has 256 valence electrons. The van der Waals surface area contributed by atoms with Crippen molar-refractivity contribution in [1.29, 1.82) is 0 Å². The fourth-order valence-corrected chi connectivity index (χ4v) is 4.30. The van der Waals surface area contributed by atoms with E-state index in [0.717, 1.165) is 58.3 Å². The number of nitrogens with two attached hydrogens (primary N) is 1. The summed E-state index contributed by atoms with van der Waals surface area (Å²) in [5, 5.41) is 11.4. The van der Waals surface area contributed by atoms with Crippen LogP contribution in [0.1, 0.15) is 163 Å². The molecule has 0 radical (unpaired) electrons. The molecular weight excluding hydrogens is 524 g/mol. The Bertz CT molecular complexity index is 516. The Morgan fingerprint density at radius 3 is 1.26 bits per heavy atom. The zero-order valence-corrected chi connectivity index (χ0v) is 28.6. The minimum atomic E-state index is -0.659. The highest BCUT2D eigenvalue weighted by atomic mass is 16.4. The van der Waals surface area contributed by atoms with Crippen LogP contribution in [0.4, 0.5) is 0 Å². The van der Waals surface area contributed by atoms with E-state index >= 15 is 0 Å². The van der Waals surface area contributed by atoms with Gasteiger partial charge < -0.3 is 26.0 Å². The second-order valence-corrected chi connectivity index (χ2v) is 12.0. The number of rotatable bonds is 27. The van der Waals surface area contributed by atoms with Crippen LogP contribution in [0.25, 0.3) is 0 Å². The van der Waals surface area contributed by atoms with E-state index in [1.807, 2.05) is 0 Å². The zero-order valence-electron chi connectivity index (χ0n) is 28.6. The van der Waals surface area contributed by atoms with Crippen LogP contribution in [0.5, 0.6) is 0 Å². The zero-order chi connectivity index (χ0) is 31.4. The predicted octanol–water partition coefficient (Wildman–Crippen LogP) is 8.50. The summed E-state index contributed by atoms with van der Waals surface area (Å²) in [6.07, 6.45) is 26.1. The molecule has 0 aromatic rings. The first kappa shape index (κ1) is 47.7. The van der Waals surface area contributed by atoms with Gasteiger partial charge in [-0.05, 0) is 73.5 Å². The van der Waals surface area contributed by atoms with Crippen molar-refractivity contribution in [3.63, 3.8) is 0 Å². The molecule has 0 bridgehead atoms. The number of aliphatic carboxylic acids is 1. The smallest absolute Gasteiger partial charge is 0.303 e. The first-order chi connectivity index (χ1) is 19.7. The van der Waals surface area contributed by atoms with E-state index in [2.05, 4.69) is 57.2 Å². The summed E-state index contributed by atoms with van der Waals surface area (Å²) in [5.74, 6) is -0.431. The molecule has 0 atom stereocenters. The first-order valence-electron chi connectivity index (χ1n) is 17.2. The number of amides is 1. The molecule has 0 aliphatic carbocycles.